The number of phenols is 4. The summed E-state index contributed by atoms with van der Waals surface area (Å²) in [5.41, 5.74) is 2.48. The highest BCUT2D eigenvalue weighted by molar-refractivity contribution is 5.97. The summed E-state index contributed by atoms with van der Waals surface area (Å²) in [6, 6.07) is 15.4. The molecule has 5 N–H and O–H groups in total. The van der Waals surface area contributed by atoms with Gasteiger partial charge in [0.25, 0.3) is 5.91 Å². The molecule has 1 amide bonds. The van der Waals surface area contributed by atoms with Crippen molar-refractivity contribution < 1.29 is 34.8 Å². The van der Waals surface area contributed by atoms with Gasteiger partial charge in [-0.2, -0.15) is 0 Å². The van der Waals surface area contributed by atoms with Crippen molar-refractivity contribution in [1.29, 1.82) is 0 Å². The maximum Gasteiger partial charge on any atom is 0.331 e. The molecule has 176 valence electrons. The van der Waals surface area contributed by atoms with E-state index in [0.29, 0.717) is 16.8 Å². The second kappa shape index (κ2) is 10.9. The summed E-state index contributed by atoms with van der Waals surface area (Å²) >= 11 is 0. The predicted octanol–water partition coefficient (Wildman–Crippen LogP) is 3.88. The molecular weight excluding hydrogens is 438 g/mol. The first kappa shape index (κ1) is 24.2. The number of phenolic OH excluding ortho intramolecular Hbond substituents is 4. The van der Waals surface area contributed by atoms with E-state index in [1.54, 1.807) is 6.07 Å². The van der Waals surface area contributed by atoms with Gasteiger partial charge in [-0.1, -0.05) is 31.2 Å². The van der Waals surface area contributed by atoms with Crippen LogP contribution >= 0.6 is 0 Å². The molecular formula is C26H25NO7. The molecule has 0 saturated carbocycles. The highest BCUT2D eigenvalue weighted by atomic mass is 16.5. The first-order valence-electron chi connectivity index (χ1n) is 10.6. The summed E-state index contributed by atoms with van der Waals surface area (Å²) in [6.45, 7) is 1.99. The number of nitrogens with one attached hydrogen (secondary N) is 1. The summed E-state index contributed by atoms with van der Waals surface area (Å²) in [5, 5.41) is 41.0. The Balaban J connectivity index is 1.78. The SMILES string of the molecule is CCc1cccc(NC(=O)[C@@H](Cc2ccc(O)c(O)c2)OC(=O)/C=C/c2ccc(O)c(O)c2)c1. The molecule has 0 heterocycles. The van der Waals surface area contributed by atoms with Crippen LogP contribution in [0.3, 0.4) is 0 Å². The Labute approximate surface area is 196 Å². The Bertz CT molecular complexity index is 1220. The van der Waals surface area contributed by atoms with Gasteiger partial charge in [0.1, 0.15) is 0 Å². The molecule has 0 radical (unpaired) electrons. The minimum Gasteiger partial charge on any atom is -0.504 e. The number of ether oxygens (including phenoxy) is 1. The topological polar surface area (TPSA) is 136 Å². The number of carbonyl (C=O) groups is 2. The highest BCUT2D eigenvalue weighted by Gasteiger charge is 2.23. The van der Waals surface area contributed by atoms with Gasteiger partial charge >= 0.3 is 5.97 Å². The minimum atomic E-state index is -1.24. The fraction of sp³-hybridized carbons (Fsp3) is 0.154. The van der Waals surface area contributed by atoms with Crippen molar-refractivity contribution in [3.63, 3.8) is 0 Å². The molecule has 0 fully saturated rings. The first-order valence-corrected chi connectivity index (χ1v) is 10.6. The van der Waals surface area contributed by atoms with Crippen LogP contribution in [-0.4, -0.2) is 38.4 Å². The number of aryl methyl sites for hydroxylation is 1. The van der Waals surface area contributed by atoms with Crippen LogP contribution in [-0.2, 0) is 27.2 Å². The maximum absolute atomic E-state index is 13.0. The average Bonchev–Trinajstić information content (AvgIpc) is 2.82. The first-order chi connectivity index (χ1) is 16.2. The minimum absolute atomic E-state index is 0.0489. The van der Waals surface area contributed by atoms with Gasteiger partial charge in [0.05, 0.1) is 0 Å². The van der Waals surface area contributed by atoms with Gasteiger partial charge in [-0.05, 0) is 65.6 Å². The predicted molar refractivity (Wildman–Crippen MR) is 127 cm³/mol. The zero-order chi connectivity index (χ0) is 24.7. The van der Waals surface area contributed by atoms with Gasteiger partial charge in [-0.15, -0.1) is 0 Å². The van der Waals surface area contributed by atoms with Crippen LogP contribution in [0.5, 0.6) is 23.0 Å². The third-order valence-electron chi connectivity index (χ3n) is 5.03. The third kappa shape index (κ3) is 6.52. The smallest absolute Gasteiger partial charge is 0.331 e. The lowest BCUT2D eigenvalue weighted by molar-refractivity contribution is -0.149. The molecule has 1 atom stereocenters. The van der Waals surface area contributed by atoms with Crippen LogP contribution in [0, 0.1) is 0 Å². The summed E-state index contributed by atoms with van der Waals surface area (Å²) < 4.78 is 5.40. The van der Waals surface area contributed by atoms with Gasteiger partial charge in [0.15, 0.2) is 29.1 Å². The third-order valence-corrected chi connectivity index (χ3v) is 5.03. The van der Waals surface area contributed by atoms with Crippen molar-refractivity contribution in [2.24, 2.45) is 0 Å². The number of esters is 1. The van der Waals surface area contributed by atoms with Crippen LogP contribution in [0.4, 0.5) is 5.69 Å². The van der Waals surface area contributed by atoms with E-state index in [9.17, 15) is 30.0 Å². The van der Waals surface area contributed by atoms with E-state index < -0.39 is 18.0 Å². The molecule has 0 aliphatic carbocycles. The molecule has 0 aromatic heterocycles. The Morgan fingerprint density at radius 1 is 0.882 bits per heavy atom. The molecule has 0 unspecified atom stereocenters. The number of hydrogen-bond acceptors (Lipinski definition) is 7. The van der Waals surface area contributed by atoms with Crippen LogP contribution < -0.4 is 5.32 Å². The van der Waals surface area contributed by atoms with Gasteiger partial charge in [0.2, 0.25) is 0 Å². The fourth-order valence-corrected chi connectivity index (χ4v) is 3.18. The molecule has 0 spiro atoms. The number of rotatable bonds is 8. The Morgan fingerprint density at radius 2 is 1.59 bits per heavy atom. The maximum atomic E-state index is 13.0. The van der Waals surface area contributed by atoms with Gasteiger partial charge in [-0.3, -0.25) is 4.79 Å². The van der Waals surface area contributed by atoms with Crippen molar-refractivity contribution in [3.05, 3.63) is 83.4 Å². The second-order valence-electron chi connectivity index (χ2n) is 7.58. The molecule has 3 aromatic carbocycles. The molecule has 0 aliphatic rings. The van der Waals surface area contributed by atoms with E-state index >= 15 is 0 Å². The van der Waals surface area contributed by atoms with E-state index in [1.807, 2.05) is 25.1 Å². The molecule has 34 heavy (non-hydrogen) atoms. The van der Waals surface area contributed by atoms with E-state index in [0.717, 1.165) is 18.1 Å². The number of hydrogen-bond donors (Lipinski definition) is 5. The number of amides is 1. The summed E-state index contributed by atoms with van der Waals surface area (Å²) in [5.74, 6) is -2.67. The van der Waals surface area contributed by atoms with Crippen molar-refractivity contribution >= 4 is 23.6 Å². The number of aromatic hydroxyl groups is 4. The Hall–Kier alpha value is -4.46. The lowest BCUT2D eigenvalue weighted by Crippen LogP contribution is -2.34. The molecule has 3 aromatic rings. The second-order valence-corrected chi connectivity index (χ2v) is 7.58. The normalized spacial score (nSPS) is 11.8. The summed E-state index contributed by atoms with van der Waals surface area (Å²) in [4.78, 5) is 25.4. The lowest BCUT2D eigenvalue weighted by Gasteiger charge is -2.18. The van der Waals surface area contributed by atoms with E-state index in [1.165, 1.54) is 42.5 Å². The number of anilines is 1. The lowest BCUT2D eigenvalue weighted by atomic mass is 10.1. The fourth-order valence-electron chi connectivity index (χ4n) is 3.18. The van der Waals surface area contributed by atoms with Gasteiger partial charge in [-0.25, -0.2) is 4.79 Å². The van der Waals surface area contributed by atoms with Crippen molar-refractivity contribution in [3.8, 4) is 23.0 Å². The van der Waals surface area contributed by atoms with E-state index in [-0.39, 0.29) is 29.4 Å². The van der Waals surface area contributed by atoms with E-state index in [2.05, 4.69) is 5.32 Å². The summed E-state index contributed by atoms with van der Waals surface area (Å²) in [6.07, 6.45) is 1.96. The zero-order valence-corrected chi connectivity index (χ0v) is 18.4. The van der Waals surface area contributed by atoms with Crippen LogP contribution in [0.1, 0.15) is 23.6 Å². The molecule has 3 rings (SSSR count). The van der Waals surface area contributed by atoms with Gasteiger partial charge < -0.3 is 30.5 Å². The average molecular weight is 463 g/mol. The Morgan fingerprint density at radius 3 is 2.26 bits per heavy atom. The van der Waals surface area contributed by atoms with Crippen molar-refractivity contribution in [2.45, 2.75) is 25.9 Å². The quantitative estimate of drug-likeness (QED) is 0.194. The molecule has 0 bridgehead atoms. The van der Waals surface area contributed by atoms with Crippen LogP contribution in [0.15, 0.2) is 66.7 Å². The largest absolute Gasteiger partial charge is 0.504 e. The van der Waals surface area contributed by atoms with E-state index in [4.69, 9.17) is 4.74 Å². The van der Waals surface area contributed by atoms with Gasteiger partial charge in [0, 0.05) is 18.2 Å². The highest BCUT2D eigenvalue weighted by Crippen LogP contribution is 2.27. The summed E-state index contributed by atoms with van der Waals surface area (Å²) in [7, 11) is 0. The Kier molecular flexibility index (Phi) is 7.76. The molecule has 0 saturated heterocycles. The molecule has 8 heteroatoms. The van der Waals surface area contributed by atoms with Crippen LogP contribution in [0.2, 0.25) is 0 Å². The number of carbonyl (C=O) groups excluding carboxylic acids is 2. The molecule has 8 nitrogen and oxygen atoms in total. The zero-order valence-electron chi connectivity index (χ0n) is 18.4. The number of benzene rings is 3. The monoisotopic (exact) mass is 463 g/mol. The van der Waals surface area contributed by atoms with Crippen LogP contribution in [0.25, 0.3) is 6.08 Å². The standard InChI is InChI=1S/C26H25NO7/c1-2-16-4-3-5-19(12-16)27-26(33)24(15-18-7-10-21(29)23(31)14-18)34-25(32)11-8-17-6-9-20(28)22(30)13-17/h3-14,24,28-31H,2,15H2,1H3,(H,27,33)/b11-8+/t24-/m1/s1. The van der Waals surface area contributed by atoms with Crippen molar-refractivity contribution in [2.75, 3.05) is 5.32 Å². The molecule has 0 aliphatic heterocycles. The van der Waals surface area contributed by atoms with Crippen molar-refractivity contribution in [1.82, 2.24) is 0 Å².